The minimum absolute atomic E-state index is 0.0234. The van der Waals surface area contributed by atoms with E-state index in [-0.39, 0.29) is 42.8 Å². The molecule has 31 heavy (non-hydrogen) atoms. The van der Waals surface area contributed by atoms with E-state index in [4.69, 9.17) is 4.74 Å². The van der Waals surface area contributed by atoms with Gasteiger partial charge in [0.15, 0.2) is 11.7 Å². The molecule has 2 aliphatic carbocycles. The van der Waals surface area contributed by atoms with Crippen molar-refractivity contribution in [3.63, 3.8) is 0 Å². The first-order valence-electron chi connectivity index (χ1n) is 10.7. The maximum atomic E-state index is 12.8. The van der Waals surface area contributed by atoms with E-state index >= 15 is 0 Å². The number of carbonyl (C=O) groups is 3. The van der Waals surface area contributed by atoms with E-state index in [9.17, 15) is 14.4 Å². The molecule has 1 aromatic carbocycles. The second-order valence-corrected chi connectivity index (χ2v) is 9.01. The Labute approximate surface area is 185 Å². The van der Waals surface area contributed by atoms with Gasteiger partial charge in [-0.1, -0.05) is 42.8 Å². The maximum Gasteiger partial charge on any atom is 0.309 e. The Morgan fingerprint density at radius 3 is 2.58 bits per heavy atom. The largest absolute Gasteiger partial charge is 0.455 e. The maximum absolute atomic E-state index is 12.8. The predicted octanol–water partition coefficient (Wildman–Crippen LogP) is 4.27. The minimum atomic E-state index is -0.375. The average Bonchev–Trinajstić information content (AvgIpc) is 3.26. The summed E-state index contributed by atoms with van der Waals surface area (Å²) >= 11 is 1.36. The molecule has 1 heterocycles. The zero-order valence-electron chi connectivity index (χ0n) is 17.4. The number of esters is 1. The van der Waals surface area contributed by atoms with Crippen molar-refractivity contribution in [2.45, 2.75) is 32.1 Å². The summed E-state index contributed by atoms with van der Waals surface area (Å²) in [5.41, 5.74) is 1.76. The van der Waals surface area contributed by atoms with Crippen LogP contribution in [0.2, 0.25) is 0 Å². The smallest absolute Gasteiger partial charge is 0.309 e. The number of anilines is 1. The summed E-state index contributed by atoms with van der Waals surface area (Å²) in [6, 6.07) is 9.74. The summed E-state index contributed by atoms with van der Waals surface area (Å²) < 4.78 is 5.39. The van der Waals surface area contributed by atoms with Gasteiger partial charge in [0, 0.05) is 29.3 Å². The first kappa shape index (κ1) is 21.4. The summed E-state index contributed by atoms with van der Waals surface area (Å²) in [7, 11) is 0. The van der Waals surface area contributed by atoms with Crippen LogP contribution in [0.15, 0.2) is 48.4 Å². The number of ether oxygens (including phenoxy) is 1. The van der Waals surface area contributed by atoms with E-state index in [1.165, 1.54) is 16.2 Å². The van der Waals surface area contributed by atoms with Crippen molar-refractivity contribution < 1.29 is 19.1 Å². The summed E-state index contributed by atoms with van der Waals surface area (Å²) in [5, 5.41) is 2.44. The van der Waals surface area contributed by atoms with Gasteiger partial charge in [-0.15, -0.1) is 17.9 Å². The number of fused-ring (bicyclic) bond motifs is 2. The summed E-state index contributed by atoms with van der Waals surface area (Å²) in [5.74, 6) is -0.746. The molecule has 1 amide bonds. The Morgan fingerprint density at radius 2 is 1.90 bits per heavy atom. The van der Waals surface area contributed by atoms with Crippen LogP contribution in [-0.4, -0.2) is 35.8 Å². The molecule has 2 fully saturated rings. The van der Waals surface area contributed by atoms with E-state index in [1.807, 2.05) is 35.7 Å². The second kappa shape index (κ2) is 9.56. The molecule has 162 valence electrons. The molecule has 0 spiro atoms. The summed E-state index contributed by atoms with van der Waals surface area (Å²) in [6.45, 7) is 3.66. The van der Waals surface area contributed by atoms with Crippen LogP contribution in [-0.2, 0) is 19.1 Å². The predicted molar refractivity (Wildman–Crippen MR) is 120 cm³/mol. The van der Waals surface area contributed by atoms with Crippen molar-refractivity contribution in [1.82, 2.24) is 4.98 Å². The molecule has 4 rings (SSSR count). The lowest BCUT2D eigenvalue weighted by atomic mass is 9.67. The SMILES string of the molecule is C=CCN(C(=O)COC(=O)C1C[C@H]2CCC[C@H](C1)C2=O)c1nc(-c2ccccc2)cs1. The number of amides is 1. The molecule has 7 heteroatoms. The third kappa shape index (κ3) is 4.77. The number of aromatic nitrogens is 1. The lowest BCUT2D eigenvalue weighted by Gasteiger charge is -2.36. The number of nitrogens with zero attached hydrogens (tertiary/aromatic N) is 2. The Morgan fingerprint density at radius 1 is 1.19 bits per heavy atom. The van der Waals surface area contributed by atoms with E-state index in [0.717, 1.165) is 30.5 Å². The van der Waals surface area contributed by atoms with Crippen molar-refractivity contribution in [1.29, 1.82) is 0 Å². The van der Waals surface area contributed by atoms with Crippen LogP contribution in [0.1, 0.15) is 32.1 Å². The normalized spacial score (nSPS) is 22.6. The van der Waals surface area contributed by atoms with Gasteiger partial charge in [0.25, 0.3) is 5.91 Å². The van der Waals surface area contributed by atoms with Gasteiger partial charge in [0.05, 0.1) is 11.6 Å². The number of benzene rings is 1. The van der Waals surface area contributed by atoms with Crippen LogP contribution >= 0.6 is 11.3 Å². The molecule has 0 unspecified atom stereocenters. The first-order chi connectivity index (χ1) is 15.1. The Balaban J connectivity index is 1.38. The van der Waals surface area contributed by atoms with Crippen molar-refractivity contribution in [3.8, 4) is 11.3 Å². The second-order valence-electron chi connectivity index (χ2n) is 8.18. The highest BCUT2D eigenvalue weighted by Gasteiger charge is 2.42. The molecule has 0 aliphatic heterocycles. The fourth-order valence-corrected chi connectivity index (χ4v) is 5.41. The van der Waals surface area contributed by atoms with Crippen molar-refractivity contribution in [2.24, 2.45) is 17.8 Å². The fourth-order valence-electron chi connectivity index (χ4n) is 4.55. The van der Waals surface area contributed by atoms with E-state index in [2.05, 4.69) is 11.6 Å². The molecular weight excluding hydrogens is 412 g/mol. The molecule has 2 saturated carbocycles. The van der Waals surface area contributed by atoms with Crippen molar-refractivity contribution in [3.05, 3.63) is 48.4 Å². The molecule has 2 bridgehead atoms. The van der Waals surface area contributed by atoms with Gasteiger partial charge in [0.2, 0.25) is 0 Å². The van der Waals surface area contributed by atoms with Crippen LogP contribution < -0.4 is 4.90 Å². The van der Waals surface area contributed by atoms with Gasteiger partial charge in [-0.05, 0) is 25.7 Å². The van der Waals surface area contributed by atoms with Crippen molar-refractivity contribution >= 4 is 34.1 Å². The van der Waals surface area contributed by atoms with Gasteiger partial charge in [-0.3, -0.25) is 19.3 Å². The molecule has 2 aliphatic rings. The highest BCUT2D eigenvalue weighted by atomic mass is 32.1. The third-order valence-electron chi connectivity index (χ3n) is 6.12. The average molecular weight is 439 g/mol. The molecule has 1 aromatic heterocycles. The number of hydrogen-bond donors (Lipinski definition) is 0. The van der Waals surface area contributed by atoms with E-state index in [0.29, 0.717) is 23.8 Å². The van der Waals surface area contributed by atoms with Gasteiger partial charge in [-0.2, -0.15) is 0 Å². The molecular formula is C24H26N2O4S. The van der Waals surface area contributed by atoms with Crippen LogP contribution in [0, 0.1) is 17.8 Å². The minimum Gasteiger partial charge on any atom is -0.455 e. The van der Waals surface area contributed by atoms with Crippen LogP contribution in [0.4, 0.5) is 5.13 Å². The first-order valence-corrected chi connectivity index (χ1v) is 11.6. The third-order valence-corrected chi connectivity index (χ3v) is 6.99. The van der Waals surface area contributed by atoms with Gasteiger partial charge < -0.3 is 4.74 Å². The summed E-state index contributed by atoms with van der Waals surface area (Å²) in [6.07, 6.45) is 5.49. The monoisotopic (exact) mass is 438 g/mol. The number of ketones is 1. The van der Waals surface area contributed by atoms with Crippen LogP contribution in [0.3, 0.4) is 0 Å². The molecule has 2 aromatic rings. The van der Waals surface area contributed by atoms with Crippen LogP contribution in [0.25, 0.3) is 11.3 Å². The van der Waals surface area contributed by atoms with Crippen LogP contribution in [0.5, 0.6) is 0 Å². The molecule has 0 radical (unpaired) electrons. The highest BCUT2D eigenvalue weighted by molar-refractivity contribution is 7.14. The number of rotatable bonds is 7. The zero-order chi connectivity index (χ0) is 21.8. The zero-order valence-corrected chi connectivity index (χ0v) is 18.2. The fraction of sp³-hybridized carbons (Fsp3) is 0.417. The van der Waals surface area contributed by atoms with Gasteiger partial charge >= 0.3 is 5.97 Å². The number of carbonyl (C=O) groups excluding carboxylic acids is 3. The Bertz CT molecular complexity index is 955. The van der Waals surface area contributed by atoms with E-state index in [1.54, 1.807) is 6.08 Å². The standard InChI is InChI=1S/C24H26N2O4S/c1-2-11-26(24-25-20(15-31-24)16-7-4-3-5-8-16)21(27)14-30-23(29)19-12-17-9-6-10-18(13-19)22(17)28/h2-5,7-8,15,17-19H,1,6,9-14H2/t17-,18-/m1/s1. The highest BCUT2D eigenvalue weighted by Crippen LogP contribution is 2.40. The molecule has 6 nitrogen and oxygen atoms in total. The lowest BCUT2D eigenvalue weighted by Crippen LogP contribution is -2.40. The Kier molecular flexibility index (Phi) is 6.61. The van der Waals surface area contributed by atoms with Gasteiger partial charge in [-0.25, -0.2) is 4.98 Å². The number of hydrogen-bond acceptors (Lipinski definition) is 6. The number of Topliss-reactive ketones (excluding diaryl/α,β-unsaturated/α-hetero) is 1. The Hall–Kier alpha value is -2.80. The molecule has 0 N–H and O–H groups in total. The van der Waals surface area contributed by atoms with Gasteiger partial charge in [0.1, 0.15) is 5.78 Å². The molecule has 0 saturated heterocycles. The van der Waals surface area contributed by atoms with E-state index < -0.39 is 0 Å². The van der Waals surface area contributed by atoms with Crippen molar-refractivity contribution in [2.75, 3.05) is 18.1 Å². The molecule has 2 atom stereocenters. The topological polar surface area (TPSA) is 76.6 Å². The lowest BCUT2D eigenvalue weighted by molar-refractivity contribution is -0.156. The quantitative estimate of drug-likeness (QED) is 0.477. The number of thiazole rings is 1. The summed E-state index contributed by atoms with van der Waals surface area (Å²) in [4.78, 5) is 43.7.